The first-order valence-electron chi connectivity index (χ1n) is 6.65. The number of rotatable bonds is 5. The summed E-state index contributed by atoms with van der Waals surface area (Å²) in [6.45, 7) is 5.42. The average Bonchev–Trinajstić information content (AvgIpc) is 2.65. The van der Waals surface area contributed by atoms with Crippen LogP contribution in [0.5, 0.6) is 0 Å². The van der Waals surface area contributed by atoms with Gasteiger partial charge in [0, 0.05) is 29.7 Å². The highest BCUT2D eigenvalue weighted by molar-refractivity contribution is 6.05. The number of nitrogens with zero attached hydrogens (tertiary/aromatic N) is 1. The molecule has 1 heterocycles. The summed E-state index contributed by atoms with van der Waals surface area (Å²) in [5, 5.41) is 10.2. The number of carbonyl (C=O) groups is 1. The van der Waals surface area contributed by atoms with Crippen LogP contribution in [0.15, 0.2) is 18.2 Å². The second-order valence-electron chi connectivity index (χ2n) is 4.76. The Balaban J connectivity index is 2.81. The van der Waals surface area contributed by atoms with Gasteiger partial charge in [0.1, 0.15) is 0 Å². The van der Waals surface area contributed by atoms with Gasteiger partial charge < -0.3 is 15.4 Å². The molecule has 0 aliphatic rings. The summed E-state index contributed by atoms with van der Waals surface area (Å²) in [5.74, 6) is -0.868. The number of carboxylic acid groups (broad SMARTS) is 1. The van der Waals surface area contributed by atoms with Crippen LogP contribution in [-0.2, 0) is 13.0 Å². The van der Waals surface area contributed by atoms with Gasteiger partial charge in [-0.25, -0.2) is 4.79 Å². The lowest BCUT2D eigenvalue weighted by Gasteiger charge is -2.06. The van der Waals surface area contributed by atoms with Crippen LogP contribution >= 0.6 is 0 Å². The normalized spacial score (nSPS) is 11.1. The van der Waals surface area contributed by atoms with Gasteiger partial charge >= 0.3 is 5.97 Å². The number of hydrogen-bond donors (Lipinski definition) is 2. The Morgan fingerprint density at radius 2 is 2.16 bits per heavy atom. The number of nitrogens with two attached hydrogens (primary N) is 1. The van der Waals surface area contributed by atoms with E-state index in [0.29, 0.717) is 12.1 Å². The van der Waals surface area contributed by atoms with Crippen molar-refractivity contribution >= 4 is 16.9 Å². The van der Waals surface area contributed by atoms with Gasteiger partial charge in [-0.1, -0.05) is 19.4 Å². The molecule has 19 heavy (non-hydrogen) atoms. The maximum Gasteiger partial charge on any atom is 0.336 e. The minimum Gasteiger partial charge on any atom is -0.478 e. The number of aromatic nitrogens is 1. The third-order valence-electron chi connectivity index (χ3n) is 3.56. The smallest absolute Gasteiger partial charge is 0.336 e. The molecule has 3 N–H and O–H groups in total. The van der Waals surface area contributed by atoms with Crippen LogP contribution < -0.4 is 5.73 Å². The van der Waals surface area contributed by atoms with Gasteiger partial charge in [0.25, 0.3) is 0 Å². The Kier molecular flexibility index (Phi) is 3.90. The fraction of sp³-hybridized carbons (Fsp3) is 0.400. The van der Waals surface area contributed by atoms with E-state index in [1.54, 1.807) is 12.1 Å². The van der Waals surface area contributed by atoms with E-state index in [9.17, 15) is 9.90 Å². The number of fused-ring (bicyclic) bond motifs is 1. The Bertz CT molecular complexity index is 614. The van der Waals surface area contributed by atoms with Crippen molar-refractivity contribution in [2.24, 2.45) is 5.73 Å². The Morgan fingerprint density at radius 1 is 1.42 bits per heavy atom. The zero-order valence-electron chi connectivity index (χ0n) is 11.4. The number of aromatic carboxylic acids is 1. The molecule has 0 bridgehead atoms. The van der Waals surface area contributed by atoms with Crippen molar-refractivity contribution in [3.8, 4) is 0 Å². The predicted octanol–water partition coefficient (Wildman–Crippen LogP) is 2.56. The maximum atomic E-state index is 11.4. The highest BCUT2D eigenvalue weighted by Crippen LogP contribution is 2.30. The second-order valence-corrected chi connectivity index (χ2v) is 4.76. The lowest BCUT2D eigenvalue weighted by molar-refractivity contribution is 0.0699. The fourth-order valence-corrected chi connectivity index (χ4v) is 2.76. The lowest BCUT2D eigenvalue weighted by atomic mass is 10.0. The number of benzene rings is 1. The minimum absolute atomic E-state index is 0.389. The van der Waals surface area contributed by atoms with E-state index in [1.807, 2.05) is 13.0 Å². The van der Waals surface area contributed by atoms with Crippen LogP contribution in [0, 0.1) is 6.92 Å². The molecule has 0 aliphatic heterocycles. The third kappa shape index (κ3) is 2.24. The van der Waals surface area contributed by atoms with E-state index in [1.165, 1.54) is 0 Å². The topological polar surface area (TPSA) is 68.2 Å². The SMILES string of the molecule is CCCc1c(C)n(CCN)c2cccc(C(=O)O)c12. The highest BCUT2D eigenvalue weighted by atomic mass is 16.4. The van der Waals surface area contributed by atoms with Crippen molar-refractivity contribution in [1.82, 2.24) is 4.57 Å². The van der Waals surface area contributed by atoms with Gasteiger partial charge in [0.05, 0.1) is 5.56 Å². The van der Waals surface area contributed by atoms with Crippen molar-refractivity contribution in [3.63, 3.8) is 0 Å². The molecule has 4 nitrogen and oxygen atoms in total. The lowest BCUT2D eigenvalue weighted by Crippen LogP contribution is -2.11. The van der Waals surface area contributed by atoms with E-state index in [4.69, 9.17) is 5.73 Å². The second kappa shape index (κ2) is 5.45. The molecule has 0 unspecified atom stereocenters. The summed E-state index contributed by atoms with van der Waals surface area (Å²) in [7, 11) is 0. The monoisotopic (exact) mass is 260 g/mol. The van der Waals surface area contributed by atoms with Crippen LogP contribution in [0.3, 0.4) is 0 Å². The molecule has 102 valence electrons. The van der Waals surface area contributed by atoms with Gasteiger partial charge in [-0.3, -0.25) is 0 Å². The fourth-order valence-electron chi connectivity index (χ4n) is 2.76. The number of carboxylic acids is 1. The molecule has 0 amide bonds. The number of aryl methyl sites for hydroxylation is 1. The molecule has 2 aromatic rings. The van der Waals surface area contributed by atoms with Crippen molar-refractivity contribution in [2.45, 2.75) is 33.2 Å². The summed E-state index contributed by atoms with van der Waals surface area (Å²) in [5.41, 5.74) is 9.31. The van der Waals surface area contributed by atoms with E-state index in [-0.39, 0.29) is 0 Å². The Labute approximate surface area is 112 Å². The first kappa shape index (κ1) is 13.6. The van der Waals surface area contributed by atoms with E-state index < -0.39 is 5.97 Å². The Hall–Kier alpha value is -1.81. The largest absolute Gasteiger partial charge is 0.478 e. The van der Waals surface area contributed by atoms with Gasteiger partial charge in [-0.2, -0.15) is 0 Å². The summed E-state index contributed by atoms with van der Waals surface area (Å²) in [4.78, 5) is 11.4. The van der Waals surface area contributed by atoms with Crippen LogP contribution in [0.25, 0.3) is 10.9 Å². The molecule has 0 atom stereocenters. The van der Waals surface area contributed by atoms with Crippen molar-refractivity contribution in [3.05, 3.63) is 35.0 Å². The molecule has 0 radical (unpaired) electrons. The average molecular weight is 260 g/mol. The molecule has 0 spiro atoms. The van der Waals surface area contributed by atoms with Crippen molar-refractivity contribution < 1.29 is 9.90 Å². The van der Waals surface area contributed by atoms with Crippen molar-refractivity contribution in [1.29, 1.82) is 0 Å². The Morgan fingerprint density at radius 3 is 2.74 bits per heavy atom. The number of hydrogen-bond acceptors (Lipinski definition) is 2. The predicted molar refractivity (Wildman–Crippen MR) is 76.7 cm³/mol. The van der Waals surface area contributed by atoms with Crippen LogP contribution in [0.4, 0.5) is 0 Å². The van der Waals surface area contributed by atoms with Gasteiger partial charge in [-0.15, -0.1) is 0 Å². The third-order valence-corrected chi connectivity index (χ3v) is 3.56. The van der Waals surface area contributed by atoms with E-state index in [2.05, 4.69) is 11.5 Å². The molecule has 1 aromatic carbocycles. The van der Waals surface area contributed by atoms with E-state index in [0.717, 1.165) is 41.5 Å². The summed E-state index contributed by atoms with van der Waals surface area (Å²) >= 11 is 0. The molecule has 1 aromatic heterocycles. The molecular weight excluding hydrogens is 240 g/mol. The molecule has 2 rings (SSSR count). The van der Waals surface area contributed by atoms with E-state index >= 15 is 0 Å². The molecule has 0 aliphatic carbocycles. The quantitative estimate of drug-likeness (QED) is 0.868. The first-order chi connectivity index (χ1) is 9.11. The van der Waals surface area contributed by atoms with Crippen LogP contribution in [0.2, 0.25) is 0 Å². The van der Waals surface area contributed by atoms with Crippen LogP contribution in [-0.4, -0.2) is 22.2 Å². The molecule has 0 saturated heterocycles. The molecule has 4 heteroatoms. The molecular formula is C15H20N2O2. The zero-order chi connectivity index (χ0) is 14.0. The first-order valence-corrected chi connectivity index (χ1v) is 6.65. The molecule has 0 fully saturated rings. The van der Waals surface area contributed by atoms with Gasteiger partial charge in [0.2, 0.25) is 0 Å². The minimum atomic E-state index is -0.868. The van der Waals surface area contributed by atoms with Gasteiger partial charge in [-0.05, 0) is 31.0 Å². The highest BCUT2D eigenvalue weighted by Gasteiger charge is 2.18. The standard InChI is InChI=1S/C15H20N2O2/c1-3-5-11-10(2)17(9-8-16)13-7-4-6-12(14(11)13)15(18)19/h4,6-7H,3,5,8-9,16H2,1-2H3,(H,18,19). The molecule has 0 saturated carbocycles. The summed E-state index contributed by atoms with van der Waals surface area (Å²) < 4.78 is 2.13. The van der Waals surface area contributed by atoms with Crippen LogP contribution in [0.1, 0.15) is 35.0 Å². The van der Waals surface area contributed by atoms with Crippen molar-refractivity contribution in [2.75, 3.05) is 6.54 Å². The maximum absolute atomic E-state index is 11.4. The van der Waals surface area contributed by atoms with Gasteiger partial charge in [0.15, 0.2) is 0 Å². The summed E-state index contributed by atoms with van der Waals surface area (Å²) in [6, 6.07) is 5.45. The zero-order valence-corrected chi connectivity index (χ0v) is 11.4. The summed E-state index contributed by atoms with van der Waals surface area (Å²) in [6.07, 6.45) is 1.89.